The van der Waals surface area contributed by atoms with Crippen LogP contribution in [0.15, 0.2) is 54.6 Å². The van der Waals surface area contributed by atoms with Crippen molar-refractivity contribution in [3.05, 3.63) is 71.3 Å². The minimum Gasteiger partial charge on any atom is -0.324 e. The van der Waals surface area contributed by atoms with Gasteiger partial charge in [-0.15, -0.1) is 0 Å². The molecule has 1 nitrogen and oxygen atoms in total. The van der Waals surface area contributed by atoms with Gasteiger partial charge in [0.05, 0.1) is 0 Å². The van der Waals surface area contributed by atoms with Gasteiger partial charge in [-0.05, 0) is 29.0 Å². The standard InChI is InChI=1S/C18H23N/c1-3-14(2)18(19)17-11-9-16(10-12-17)13-15-7-5-4-6-8-15/h4-12,14,18H,3,13,19H2,1-2H3. The first-order valence-corrected chi connectivity index (χ1v) is 7.09. The molecule has 0 aliphatic carbocycles. The fourth-order valence-electron chi connectivity index (χ4n) is 2.27. The third kappa shape index (κ3) is 3.68. The summed E-state index contributed by atoms with van der Waals surface area (Å²) in [6, 6.07) is 19.5. The molecule has 2 atom stereocenters. The van der Waals surface area contributed by atoms with Gasteiger partial charge in [0.2, 0.25) is 0 Å². The molecular formula is C18H23N. The van der Waals surface area contributed by atoms with Crippen molar-refractivity contribution in [1.29, 1.82) is 0 Å². The highest BCUT2D eigenvalue weighted by atomic mass is 14.6. The molecule has 0 spiro atoms. The predicted molar refractivity (Wildman–Crippen MR) is 82.1 cm³/mol. The van der Waals surface area contributed by atoms with Crippen LogP contribution < -0.4 is 5.73 Å². The predicted octanol–water partition coefficient (Wildman–Crippen LogP) is 4.32. The van der Waals surface area contributed by atoms with E-state index in [0.717, 1.165) is 12.8 Å². The quantitative estimate of drug-likeness (QED) is 0.843. The van der Waals surface area contributed by atoms with Gasteiger partial charge in [-0.1, -0.05) is 74.9 Å². The summed E-state index contributed by atoms with van der Waals surface area (Å²) >= 11 is 0. The highest BCUT2D eigenvalue weighted by Crippen LogP contribution is 2.22. The molecule has 0 saturated heterocycles. The van der Waals surface area contributed by atoms with Gasteiger partial charge in [-0.3, -0.25) is 0 Å². The minimum absolute atomic E-state index is 0.149. The molecule has 0 bridgehead atoms. The number of rotatable bonds is 5. The van der Waals surface area contributed by atoms with E-state index in [4.69, 9.17) is 5.73 Å². The summed E-state index contributed by atoms with van der Waals surface area (Å²) < 4.78 is 0. The van der Waals surface area contributed by atoms with E-state index in [9.17, 15) is 0 Å². The lowest BCUT2D eigenvalue weighted by molar-refractivity contribution is 0.457. The van der Waals surface area contributed by atoms with Crippen LogP contribution in [0.5, 0.6) is 0 Å². The third-order valence-corrected chi connectivity index (χ3v) is 3.87. The van der Waals surface area contributed by atoms with Crippen LogP contribution in [-0.2, 0) is 6.42 Å². The van der Waals surface area contributed by atoms with Gasteiger partial charge in [0.25, 0.3) is 0 Å². The Kier molecular flexibility index (Phi) is 4.75. The van der Waals surface area contributed by atoms with E-state index in [0.29, 0.717) is 5.92 Å². The Morgan fingerprint density at radius 3 is 2.05 bits per heavy atom. The smallest absolute Gasteiger partial charge is 0.0320 e. The summed E-state index contributed by atoms with van der Waals surface area (Å²) in [5.74, 6) is 0.528. The van der Waals surface area contributed by atoms with E-state index in [1.54, 1.807) is 0 Å². The van der Waals surface area contributed by atoms with Crippen molar-refractivity contribution >= 4 is 0 Å². The maximum absolute atomic E-state index is 6.25. The molecule has 1 heteroatoms. The van der Waals surface area contributed by atoms with E-state index in [-0.39, 0.29) is 6.04 Å². The Morgan fingerprint density at radius 1 is 0.895 bits per heavy atom. The zero-order valence-electron chi connectivity index (χ0n) is 11.8. The van der Waals surface area contributed by atoms with Crippen molar-refractivity contribution in [3.63, 3.8) is 0 Å². The van der Waals surface area contributed by atoms with Crippen LogP contribution in [0.1, 0.15) is 43.0 Å². The fraction of sp³-hybridized carbons (Fsp3) is 0.333. The van der Waals surface area contributed by atoms with Crippen LogP contribution >= 0.6 is 0 Å². The Morgan fingerprint density at radius 2 is 1.47 bits per heavy atom. The van der Waals surface area contributed by atoms with Crippen molar-refractivity contribution in [3.8, 4) is 0 Å². The Balaban J connectivity index is 2.06. The van der Waals surface area contributed by atoms with Crippen molar-refractivity contribution in [1.82, 2.24) is 0 Å². The topological polar surface area (TPSA) is 26.0 Å². The van der Waals surface area contributed by atoms with E-state index >= 15 is 0 Å². The average molecular weight is 253 g/mol. The zero-order valence-corrected chi connectivity index (χ0v) is 11.8. The van der Waals surface area contributed by atoms with Crippen molar-refractivity contribution in [2.75, 3.05) is 0 Å². The van der Waals surface area contributed by atoms with Crippen molar-refractivity contribution in [2.45, 2.75) is 32.7 Å². The zero-order chi connectivity index (χ0) is 13.7. The molecular weight excluding hydrogens is 230 g/mol. The fourth-order valence-corrected chi connectivity index (χ4v) is 2.27. The van der Waals surface area contributed by atoms with Crippen LogP contribution in [0.2, 0.25) is 0 Å². The third-order valence-electron chi connectivity index (χ3n) is 3.87. The molecule has 2 unspecified atom stereocenters. The summed E-state index contributed by atoms with van der Waals surface area (Å²) in [5, 5.41) is 0. The molecule has 0 saturated carbocycles. The normalized spacial score (nSPS) is 14.1. The molecule has 2 aromatic carbocycles. The first-order chi connectivity index (χ1) is 9.20. The largest absolute Gasteiger partial charge is 0.324 e. The second-order valence-electron chi connectivity index (χ2n) is 5.32. The first-order valence-electron chi connectivity index (χ1n) is 7.09. The lowest BCUT2D eigenvalue weighted by Crippen LogP contribution is -2.18. The molecule has 0 fully saturated rings. The Labute approximate surface area is 116 Å². The van der Waals surface area contributed by atoms with E-state index in [2.05, 4.69) is 68.4 Å². The second kappa shape index (κ2) is 6.53. The highest BCUT2D eigenvalue weighted by Gasteiger charge is 2.12. The molecule has 0 aliphatic heterocycles. The molecule has 0 aliphatic rings. The van der Waals surface area contributed by atoms with Crippen molar-refractivity contribution < 1.29 is 0 Å². The number of hydrogen-bond donors (Lipinski definition) is 1. The molecule has 0 aromatic heterocycles. The van der Waals surface area contributed by atoms with Gasteiger partial charge < -0.3 is 5.73 Å². The molecule has 19 heavy (non-hydrogen) atoms. The molecule has 0 heterocycles. The lowest BCUT2D eigenvalue weighted by Gasteiger charge is -2.19. The SMILES string of the molecule is CCC(C)C(N)c1ccc(Cc2ccccc2)cc1. The molecule has 2 aromatic rings. The van der Waals surface area contributed by atoms with Crippen molar-refractivity contribution in [2.24, 2.45) is 11.7 Å². The Bertz CT molecular complexity index is 487. The summed E-state index contributed by atoms with van der Waals surface area (Å²) in [6.45, 7) is 4.40. The van der Waals surface area contributed by atoms with Gasteiger partial charge >= 0.3 is 0 Å². The minimum atomic E-state index is 0.149. The lowest BCUT2D eigenvalue weighted by atomic mass is 9.92. The summed E-state index contributed by atoms with van der Waals surface area (Å²) in [7, 11) is 0. The van der Waals surface area contributed by atoms with Gasteiger partial charge in [-0.2, -0.15) is 0 Å². The van der Waals surface area contributed by atoms with Gasteiger partial charge in [0.1, 0.15) is 0 Å². The van der Waals surface area contributed by atoms with Gasteiger partial charge in [0, 0.05) is 6.04 Å². The van der Waals surface area contributed by atoms with Gasteiger partial charge in [0.15, 0.2) is 0 Å². The number of benzene rings is 2. The maximum Gasteiger partial charge on any atom is 0.0320 e. The number of nitrogens with two attached hydrogens (primary N) is 1. The van der Waals surface area contributed by atoms with Gasteiger partial charge in [-0.25, -0.2) is 0 Å². The number of hydrogen-bond acceptors (Lipinski definition) is 1. The second-order valence-corrected chi connectivity index (χ2v) is 5.32. The van der Waals surface area contributed by atoms with Crippen LogP contribution in [-0.4, -0.2) is 0 Å². The Hall–Kier alpha value is -1.60. The molecule has 0 radical (unpaired) electrons. The van der Waals surface area contributed by atoms with Crippen LogP contribution in [0.25, 0.3) is 0 Å². The molecule has 2 N–H and O–H groups in total. The maximum atomic E-state index is 6.25. The summed E-state index contributed by atoms with van der Waals surface area (Å²) in [5.41, 5.74) is 10.2. The van der Waals surface area contributed by atoms with Crippen LogP contribution in [0.4, 0.5) is 0 Å². The monoisotopic (exact) mass is 253 g/mol. The van der Waals surface area contributed by atoms with Crippen LogP contribution in [0, 0.1) is 5.92 Å². The van der Waals surface area contributed by atoms with E-state index in [1.807, 2.05) is 0 Å². The molecule has 0 amide bonds. The molecule has 100 valence electrons. The molecule has 2 rings (SSSR count). The first kappa shape index (κ1) is 13.8. The summed E-state index contributed by atoms with van der Waals surface area (Å²) in [6.07, 6.45) is 2.10. The van der Waals surface area contributed by atoms with Crippen LogP contribution in [0.3, 0.4) is 0 Å². The summed E-state index contributed by atoms with van der Waals surface area (Å²) in [4.78, 5) is 0. The van der Waals surface area contributed by atoms with E-state index < -0.39 is 0 Å². The average Bonchev–Trinajstić information content (AvgIpc) is 2.47. The highest BCUT2D eigenvalue weighted by molar-refractivity contribution is 5.30. The van der Waals surface area contributed by atoms with E-state index in [1.165, 1.54) is 16.7 Å².